The van der Waals surface area contributed by atoms with Crippen molar-refractivity contribution in [3.63, 3.8) is 0 Å². The van der Waals surface area contributed by atoms with Crippen molar-refractivity contribution in [2.24, 2.45) is 5.92 Å². The minimum absolute atomic E-state index is 0.362. The highest BCUT2D eigenvalue weighted by molar-refractivity contribution is 5.46. The van der Waals surface area contributed by atoms with Crippen LogP contribution in [0, 0.1) is 12.8 Å². The number of methoxy groups -OCH3 is 1. The molecule has 3 unspecified atom stereocenters. The molecule has 1 aliphatic carbocycles. The van der Waals surface area contributed by atoms with Crippen LogP contribution in [0.3, 0.4) is 0 Å². The van der Waals surface area contributed by atoms with Crippen LogP contribution in [0.1, 0.15) is 59.1 Å². The summed E-state index contributed by atoms with van der Waals surface area (Å²) in [6.45, 7) is 6.79. The van der Waals surface area contributed by atoms with E-state index in [0.717, 1.165) is 25.0 Å². The number of aromatic hydroxyl groups is 1. The molecular weight excluding hydrogens is 368 g/mol. The smallest absolute Gasteiger partial charge is 0.119 e. The maximum atomic E-state index is 10.0. The molecule has 0 spiro atoms. The van der Waals surface area contributed by atoms with Crippen molar-refractivity contribution in [1.82, 2.24) is 0 Å². The third-order valence-corrected chi connectivity index (χ3v) is 7.07. The summed E-state index contributed by atoms with van der Waals surface area (Å²) in [5.74, 6) is 2.65. The summed E-state index contributed by atoms with van der Waals surface area (Å²) in [4.78, 5) is 0. The molecule has 1 aliphatic rings. The lowest BCUT2D eigenvalue weighted by molar-refractivity contribution is 0.344. The van der Waals surface area contributed by atoms with Crippen molar-refractivity contribution in [2.45, 2.75) is 51.9 Å². The second kappa shape index (κ2) is 8.55. The van der Waals surface area contributed by atoms with Gasteiger partial charge in [-0.25, -0.2) is 0 Å². The lowest BCUT2D eigenvalue weighted by Crippen LogP contribution is -2.28. The molecule has 4 rings (SSSR count). The van der Waals surface area contributed by atoms with Crippen molar-refractivity contribution in [1.29, 1.82) is 0 Å². The number of benzene rings is 3. The summed E-state index contributed by atoms with van der Waals surface area (Å²) in [7, 11) is 1.75. The standard InChI is InChI=1S/C28H32O2/c1-5-20-14-23(29)11-13-25(20)26-16-22-10-12-24(30-4)17-28(22)27(19(26)3)15-21-9-7-6-8-18(21)2/h6-14,17,19,26-27,29H,5,15-16H2,1-4H3. The van der Waals surface area contributed by atoms with Crippen LogP contribution in [-0.2, 0) is 19.3 Å². The van der Waals surface area contributed by atoms with E-state index in [0.29, 0.717) is 23.5 Å². The molecule has 0 bridgehead atoms. The van der Waals surface area contributed by atoms with E-state index in [9.17, 15) is 5.11 Å². The van der Waals surface area contributed by atoms with E-state index in [2.05, 4.69) is 69.3 Å². The normalized spacial score (nSPS) is 20.6. The van der Waals surface area contributed by atoms with Crippen molar-refractivity contribution >= 4 is 0 Å². The van der Waals surface area contributed by atoms with Gasteiger partial charge in [-0.15, -0.1) is 0 Å². The van der Waals surface area contributed by atoms with Crippen LogP contribution in [0.2, 0.25) is 0 Å². The lowest BCUT2D eigenvalue weighted by Gasteiger charge is -2.39. The number of fused-ring (bicyclic) bond motifs is 1. The first-order valence-electron chi connectivity index (χ1n) is 11.0. The number of hydrogen-bond acceptors (Lipinski definition) is 2. The van der Waals surface area contributed by atoms with Crippen molar-refractivity contribution in [2.75, 3.05) is 7.11 Å². The second-order valence-electron chi connectivity index (χ2n) is 8.71. The molecule has 2 heteroatoms. The van der Waals surface area contributed by atoms with Gasteiger partial charge in [-0.05, 0) is 102 Å². The quantitative estimate of drug-likeness (QED) is 0.524. The van der Waals surface area contributed by atoms with Crippen molar-refractivity contribution < 1.29 is 9.84 Å². The zero-order chi connectivity index (χ0) is 21.3. The fourth-order valence-corrected chi connectivity index (χ4v) is 5.24. The minimum atomic E-state index is 0.362. The largest absolute Gasteiger partial charge is 0.508 e. The Morgan fingerprint density at radius 2 is 1.77 bits per heavy atom. The predicted molar refractivity (Wildman–Crippen MR) is 124 cm³/mol. The van der Waals surface area contributed by atoms with Gasteiger partial charge < -0.3 is 9.84 Å². The van der Waals surface area contributed by atoms with Crippen LogP contribution >= 0.6 is 0 Å². The van der Waals surface area contributed by atoms with E-state index >= 15 is 0 Å². The number of hydrogen-bond donors (Lipinski definition) is 1. The molecule has 3 aromatic carbocycles. The Hall–Kier alpha value is -2.74. The number of phenols is 1. The number of ether oxygens (including phenoxy) is 1. The van der Waals surface area contributed by atoms with E-state index in [1.165, 1.54) is 33.4 Å². The minimum Gasteiger partial charge on any atom is -0.508 e. The number of phenolic OH excluding ortho intramolecular Hbond substituents is 1. The molecule has 156 valence electrons. The van der Waals surface area contributed by atoms with Crippen LogP contribution in [0.4, 0.5) is 0 Å². The highest BCUT2D eigenvalue weighted by Crippen LogP contribution is 2.48. The van der Waals surface area contributed by atoms with Crippen LogP contribution in [0.15, 0.2) is 60.7 Å². The molecule has 0 saturated carbocycles. The van der Waals surface area contributed by atoms with Gasteiger partial charge in [0.25, 0.3) is 0 Å². The highest BCUT2D eigenvalue weighted by Gasteiger charge is 2.36. The summed E-state index contributed by atoms with van der Waals surface area (Å²) in [5, 5.41) is 10.0. The molecule has 0 fully saturated rings. The first kappa shape index (κ1) is 20.5. The van der Waals surface area contributed by atoms with Crippen molar-refractivity contribution in [3.8, 4) is 11.5 Å². The molecule has 0 radical (unpaired) electrons. The van der Waals surface area contributed by atoms with E-state index in [4.69, 9.17) is 4.74 Å². The average Bonchev–Trinajstić information content (AvgIpc) is 2.76. The third-order valence-electron chi connectivity index (χ3n) is 7.07. The molecule has 2 nitrogen and oxygen atoms in total. The number of rotatable bonds is 5. The first-order chi connectivity index (χ1) is 14.5. The highest BCUT2D eigenvalue weighted by atomic mass is 16.5. The average molecular weight is 401 g/mol. The van der Waals surface area contributed by atoms with E-state index in [-0.39, 0.29) is 0 Å². The van der Waals surface area contributed by atoms with Gasteiger partial charge in [0.2, 0.25) is 0 Å². The third kappa shape index (κ3) is 3.84. The lowest BCUT2D eigenvalue weighted by atomic mass is 9.65. The molecule has 0 aromatic heterocycles. The van der Waals surface area contributed by atoms with E-state index in [1.54, 1.807) is 7.11 Å². The van der Waals surface area contributed by atoms with Gasteiger partial charge in [-0.1, -0.05) is 50.2 Å². The fourth-order valence-electron chi connectivity index (χ4n) is 5.24. The molecule has 0 saturated heterocycles. The van der Waals surface area contributed by atoms with Crippen LogP contribution in [0.25, 0.3) is 0 Å². The summed E-state index contributed by atoms with van der Waals surface area (Å²) in [6, 6.07) is 21.3. The van der Waals surface area contributed by atoms with Gasteiger partial charge in [0.05, 0.1) is 7.11 Å². The first-order valence-corrected chi connectivity index (χ1v) is 11.0. The Bertz CT molecular complexity index is 1040. The summed E-state index contributed by atoms with van der Waals surface area (Å²) in [5.41, 5.74) is 8.28. The molecule has 30 heavy (non-hydrogen) atoms. The van der Waals surface area contributed by atoms with Crippen LogP contribution in [0.5, 0.6) is 11.5 Å². The topological polar surface area (TPSA) is 29.5 Å². The molecule has 1 N–H and O–H groups in total. The maximum absolute atomic E-state index is 10.0. The Labute approximate surface area is 180 Å². The molecule has 3 atom stereocenters. The van der Waals surface area contributed by atoms with E-state index in [1.807, 2.05) is 12.1 Å². The Kier molecular flexibility index (Phi) is 5.85. The van der Waals surface area contributed by atoms with E-state index < -0.39 is 0 Å². The zero-order valence-electron chi connectivity index (χ0n) is 18.5. The molecular formula is C28H32O2. The maximum Gasteiger partial charge on any atom is 0.119 e. The Balaban J connectivity index is 1.80. The molecule has 0 aliphatic heterocycles. The molecule has 0 amide bonds. The van der Waals surface area contributed by atoms with Gasteiger partial charge >= 0.3 is 0 Å². The van der Waals surface area contributed by atoms with Gasteiger partial charge in [0, 0.05) is 0 Å². The van der Waals surface area contributed by atoms with Gasteiger partial charge in [0.1, 0.15) is 11.5 Å². The monoisotopic (exact) mass is 400 g/mol. The Morgan fingerprint density at radius 1 is 0.967 bits per heavy atom. The molecule has 3 aromatic rings. The van der Waals surface area contributed by atoms with Crippen LogP contribution < -0.4 is 4.74 Å². The van der Waals surface area contributed by atoms with Crippen molar-refractivity contribution in [3.05, 3.63) is 94.0 Å². The number of aryl methyl sites for hydroxylation is 2. The second-order valence-corrected chi connectivity index (χ2v) is 8.71. The van der Waals surface area contributed by atoms with Crippen LogP contribution in [-0.4, -0.2) is 12.2 Å². The van der Waals surface area contributed by atoms with Gasteiger partial charge in [0.15, 0.2) is 0 Å². The predicted octanol–water partition coefficient (Wildman–Crippen LogP) is 6.57. The zero-order valence-corrected chi connectivity index (χ0v) is 18.5. The molecule has 0 heterocycles. The Morgan fingerprint density at radius 3 is 2.50 bits per heavy atom. The summed E-state index contributed by atoms with van der Waals surface area (Å²) >= 11 is 0. The van der Waals surface area contributed by atoms with Gasteiger partial charge in [-0.3, -0.25) is 0 Å². The van der Waals surface area contributed by atoms with Gasteiger partial charge in [-0.2, -0.15) is 0 Å². The summed E-state index contributed by atoms with van der Waals surface area (Å²) in [6.07, 6.45) is 3.00. The SMILES string of the molecule is CCc1cc(O)ccc1C1Cc2ccc(OC)cc2C(Cc2ccccc2C)C1C. The fraction of sp³-hybridized carbons (Fsp3) is 0.357. The summed E-state index contributed by atoms with van der Waals surface area (Å²) < 4.78 is 5.57.